The number of morpholine rings is 1. The molecule has 1 aliphatic heterocycles. The fourth-order valence-electron chi connectivity index (χ4n) is 2.52. The van der Waals surface area contributed by atoms with Crippen LogP contribution in [0.4, 0.5) is 0 Å². The zero-order valence-electron chi connectivity index (χ0n) is 11.9. The van der Waals surface area contributed by atoms with Crippen molar-refractivity contribution in [1.82, 2.24) is 4.90 Å². The molecule has 0 radical (unpaired) electrons. The lowest BCUT2D eigenvalue weighted by Gasteiger charge is -2.26. The van der Waals surface area contributed by atoms with E-state index in [2.05, 4.69) is 4.90 Å². The summed E-state index contributed by atoms with van der Waals surface area (Å²) >= 11 is 0. The minimum absolute atomic E-state index is 0.180. The molecule has 0 atom stereocenters. The van der Waals surface area contributed by atoms with Crippen molar-refractivity contribution in [2.75, 3.05) is 40.0 Å². The fraction of sp³-hybridized carbons (Fsp3) is 0.533. The van der Waals surface area contributed by atoms with Crippen LogP contribution in [-0.2, 0) is 4.74 Å². The molecule has 1 aliphatic rings. The highest BCUT2D eigenvalue weighted by atomic mass is 16.5. The Hall–Kier alpha value is -1.39. The maximum atomic E-state index is 12.4. The third kappa shape index (κ3) is 3.33. The highest BCUT2D eigenvalue weighted by molar-refractivity contribution is 6.00. The van der Waals surface area contributed by atoms with Gasteiger partial charge in [-0.1, -0.05) is 0 Å². The van der Waals surface area contributed by atoms with Gasteiger partial charge in [0.25, 0.3) is 0 Å². The Morgan fingerprint density at radius 3 is 2.37 bits per heavy atom. The molecule has 2 rings (SSSR count). The van der Waals surface area contributed by atoms with Crippen molar-refractivity contribution in [3.8, 4) is 5.75 Å². The van der Waals surface area contributed by atoms with Crippen molar-refractivity contribution in [1.29, 1.82) is 0 Å². The number of ketones is 1. The largest absolute Gasteiger partial charge is 0.497 e. The minimum Gasteiger partial charge on any atom is -0.497 e. The lowest BCUT2D eigenvalue weighted by Crippen LogP contribution is -2.39. The smallest absolute Gasteiger partial charge is 0.177 e. The molecule has 1 saturated heterocycles. The monoisotopic (exact) mass is 263 g/mol. The topological polar surface area (TPSA) is 38.8 Å². The number of rotatable bonds is 4. The number of hydrogen-bond donors (Lipinski definition) is 0. The standard InChI is InChI=1S/C15H21NO3/c1-11-8-13(18-3)9-12(2)15(11)14(17)10-16-4-6-19-7-5-16/h8-9H,4-7,10H2,1-3H3. The molecule has 4 nitrogen and oxygen atoms in total. The van der Waals surface area contributed by atoms with Gasteiger partial charge < -0.3 is 9.47 Å². The van der Waals surface area contributed by atoms with Gasteiger partial charge in [-0.25, -0.2) is 0 Å². The zero-order chi connectivity index (χ0) is 13.8. The van der Waals surface area contributed by atoms with E-state index in [-0.39, 0.29) is 5.78 Å². The average Bonchev–Trinajstić information content (AvgIpc) is 2.38. The SMILES string of the molecule is COc1cc(C)c(C(=O)CN2CCOCC2)c(C)c1. The summed E-state index contributed by atoms with van der Waals surface area (Å²) in [6, 6.07) is 3.83. The van der Waals surface area contributed by atoms with E-state index in [1.165, 1.54) is 0 Å². The molecular formula is C15H21NO3. The van der Waals surface area contributed by atoms with E-state index in [1.807, 2.05) is 26.0 Å². The van der Waals surface area contributed by atoms with Crippen LogP contribution >= 0.6 is 0 Å². The van der Waals surface area contributed by atoms with Crippen LogP contribution in [-0.4, -0.2) is 50.6 Å². The Bertz CT molecular complexity index is 441. The second kappa shape index (κ2) is 6.17. The van der Waals surface area contributed by atoms with Crippen LogP contribution < -0.4 is 4.74 Å². The average molecular weight is 263 g/mol. The second-order valence-corrected chi connectivity index (χ2v) is 4.95. The maximum absolute atomic E-state index is 12.4. The predicted molar refractivity (Wildman–Crippen MR) is 74.1 cm³/mol. The Balaban J connectivity index is 2.14. The molecule has 19 heavy (non-hydrogen) atoms. The molecule has 0 amide bonds. The molecule has 0 unspecified atom stereocenters. The number of ether oxygens (including phenoxy) is 2. The summed E-state index contributed by atoms with van der Waals surface area (Å²) in [5, 5.41) is 0. The highest BCUT2D eigenvalue weighted by Gasteiger charge is 2.18. The van der Waals surface area contributed by atoms with Crippen molar-refractivity contribution in [3.05, 3.63) is 28.8 Å². The van der Waals surface area contributed by atoms with Gasteiger partial charge in [0.2, 0.25) is 0 Å². The fourth-order valence-corrected chi connectivity index (χ4v) is 2.52. The van der Waals surface area contributed by atoms with Gasteiger partial charge in [-0.15, -0.1) is 0 Å². The Morgan fingerprint density at radius 2 is 1.84 bits per heavy atom. The summed E-state index contributed by atoms with van der Waals surface area (Å²) in [6.45, 7) is 7.49. The van der Waals surface area contributed by atoms with Crippen LogP contribution in [0.1, 0.15) is 21.5 Å². The molecule has 4 heteroatoms. The van der Waals surface area contributed by atoms with Gasteiger partial charge in [0, 0.05) is 18.7 Å². The van der Waals surface area contributed by atoms with Gasteiger partial charge in [-0.2, -0.15) is 0 Å². The molecule has 0 aliphatic carbocycles. The number of nitrogens with zero attached hydrogens (tertiary/aromatic N) is 1. The number of aryl methyl sites for hydroxylation is 2. The van der Waals surface area contributed by atoms with E-state index >= 15 is 0 Å². The van der Waals surface area contributed by atoms with Crippen molar-refractivity contribution >= 4 is 5.78 Å². The first-order chi connectivity index (χ1) is 9.11. The van der Waals surface area contributed by atoms with E-state index in [1.54, 1.807) is 7.11 Å². The number of hydrogen-bond acceptors (Lipinski definition) is 4. The first kappa shape index (κ1) is 14.0. The van der Waals surface area contributed by atoms with Crippen LogP contribution in [0.5, 0.6) is 5.75 Å². The van der Waals surface area contributed by atoms with Gasteiger partial charge in [0.1, 0.15) is 5.75 Å². The molecule has 0 spiro atoms. The lowest BCUT2D eigenvalue weighted by molar-refractivity contribution is 0.0371. The Morgan fingerprint density at radius 1 is 1.26 bits per heavy atom. The van der Waals surface area contributed by atoms with E-state index in [4.69, 9.17) is 9.47 Å². The zero-order valence-corrected chi connectivity index (χ0v) is 11.9. The summed E-state index contributed by atoms with van der Waals surface area (Å²) in [6.07, 6.45) is 0. The number of methoxy groups -OCH3 is 1. The normalized spacial score (nSPS) is 16.4. The first-order valence-corrected chi connectivity index (χ1v) is 6.60. The van der Waals surface area contributed by atoms with Crippen molar-refractivity contribution in [2.45, 2.75) is 13.8 Å². The maximum Gasteiger partial charge on any atom is 0.177 e. The predicted octanol–water partition coefficient (Wildman–Crippen LogP) is 1.83. The van der Waals surface area contributed by atoms with Crippen molar-refractivity contribution < 1.29 is 14.3 Å². The Labute approximate surface area is 114 Å². The number of Topliss-reactive ketones (excluding diaryl/α,β-unsaturated/α-hetero) is 1. The number of carbonyl (C=O) groups is 1. The van der Waals surface area contributed by atoms with E-state index in [0.717, 1.165) is 35.5 Å². The summed E-state index contributed by atoms with van der Waals surface area (Å²) in [5.41, 5.74) is 2.79. The highest BCUT2D eigenvalue weighted by Crippen LogP contribution is 2.22. The number of benzene rings is 1. The van der Waals surface area contributed by atoms with Crippen LogP contribution in [0.3, 0.4) is 0 Å². The summed E-state index contributed by atoms with van der Waals surface area (Å²) in [4.78, 5) is 14.6. The van der Waals surface area contributed by atoms with Gasteiger partial charge in [0.15, 0.2) is 5.78 Å². The molecule has 104 valence electrons. The third-order valence-electron chi connectivity index (χ3n) is 3.49. The van der Waals surface area contributed by atoms with E-state index < -0.39 is 0 Å². The van der Waals surface area contributed by atoms with Crippen molar-refractivity contribution in [2.24, 2.45) is 0 Å². The lowest BCUT2D eigenvalue weighted by atomic mass is 9.98. The summed E-state index contributed by atoms with van der Waals surface area (Å²) < 4.78 is 10.5. The first-order valence-electron chi connectivity index (χ1n) is 6.60. The summed E-state index contributed by atoms with van der Waals surface area (Å²) in [7, 11) is 1.64. The molecule has 0 bridgehead atoms. The molecule has 0 N–H and O–H groups in total. The third-order valence-corrected chi connectivity index (χ3v) is 3.49. The van der Waals surface area contributed by atoms with E-state index in [0.29, 0.717) is 19.8 Å². The summed E-state index contributed by atoms with van der Waals surface area (Å²) in [5.74, 6) is 0.984. The van der Waals surface area contributed by atoms with E-state index in [9.17, 15) is 4.79 Å². The Kier molecular flexibility index (Phi) is 4.56. The molecule has 1 heterocycles. The quantitative estimate of drug-likeness (QED) is 0.777. The van der Waals surface area contributed by atoms with Crippen LogP contribution in [0.25, 0.3) is 0 Å². The molecule has 1 aromatic rings. The molecule has 1 fully saturated rings. The molecular weight excluding hydrogens is 242 g/mol. The van der Waals surface area contributed by atoms with Gasteiger partial charge in [-0.3, -0.25) is 9.69 Å². The second-order valence-electron chi connectivity index (χ2n) is 4.95. The van der Waals surface area contributed by atoms with Gasteiger partial charge in [0.05, 0.1) is 26.9 Å². The van der Waals surface area contributed by atoms with Crippen LogP contribution in [0.2, 0.25) is 0 Å². The van der Waals surface area contributed by atoms with Crippen LogP contribution in [0.15, 0.2) is 12.1 Å². The van der Waals surface area contributed by atoms with Crippen molar-refractivity contribution in [3.63, 3.8) is 0 Å². The van der Waals surface area contributed by atoms with Gasteiger partial charge >= 0.3 is 0 Å². The molecule has 1 aromatic carbocycles. The number of carbonyl (C=O) groups excluding carboxylic acids is 1. The molecule has 0 aromatic heterocycles. The van der Waals surface area contributed by atoms with Gasteiger partial charge in [-0.05, 0) is 37.1 Å². The van der Waals surface area contributed by atoms with Crippen LogP contribution in [0, 0.1) is 13.8 Å². The molecule has 0 saturated carbocycles. The minimum atomic E-state index is 0.180.